The van der Waals surface area contributed by atoms with E-state index < -0.39 is 17.7 Å². The summed E-state index contributed by atoms with van der Waals surface area (Å²) in [5, 5.41) is 0. The number of halogens is 3. The van der Waals surface area contributed by atoms with Crippen LogP contribution >= 0.6 is 0 Å². The zero-order chi connectivity index (χ0) is 23.1. The minimum absolute atomic E-state index is 0.0117. The molecule has 0 bridgehead atoms. The molecule has 4 aliphatic carbocycles. The Kier molecular flexibility index (Phi) is 4.89. The Morgan fingerprint density at radius 3 is 2.47 bits per heavy atom. The van der Waals surface area contributed by atoms with Gasteiger partial charge in [0.15, 0.2) is 5.76 Å². The van der Waals surface area contributed by atoms with E-state index in [4.69, 9.17) is 9.15 Å². The maximum absolute atomic E-state index is 12.9. The van der Waals surface area contributed by atoms with Gasteiger partial charge in [-0.15, -0.1) is 0 Å². The molecule has 7 atom stereocenters. The smallest absolute Gasteiger partial charge is 0.458 e. The number of fused-ring (bicyclic) bond motifs is 6. The van der Waals surface area contributed by atoms with Gasteiger partial charge in [0.25, 0.3) is 0 Å². The van der Waals surface area contributed by atoms with Crippen molar-refractivity contribution in [2.45, 2.75) is 84.4 Å². The van der Waals surface area contributed by atoms with Gasteiger partial charge >= 0.3 is 17.9 Å². The summed E-state index contributed by atoms with van der Waals surface area (Å²) < 4.78 is 49.9. The number of esters is 1. The van der Waals surface area contributed by atoms with Crippen LogP contribution in [0.25, 0.3) is 0 Å². The summed E-state index contributed by atoms with van der Waals surface area (Å²) >= 11 is 0. The lowest BCUT2D eigenvalue weighted by Crippen LogP contribution is -2.54. The molecule has 1 heterocycles. The van der Waals surface area contributed by atoms with Gasteiger partial charge in [-0.25, -0.2) is 0 Å². The highest BCUT2D eigenvalue weighted by Gasteiger charge is 2.61. The zero-order valence-electron chi connectivity index (χ0n) is 18.9. The SMILES string of the molecule is CC(=O)O[C@H]1CC[C@H]2[C@@H]3CC[C@H]4Cc5oc(C(=O)C(F)(F)F)cc5C[C@]4(C)[C@H]3CC[C@]12C. The molecule has 0 spiro atoms. The second-order valence-corrected chi connectivity index (χ2v) is 11.1. The maximum atomic E-state index is 12.9. The van der Waals surface area contributed by atoms with Crippen LogP contribution in [0.5, 0.6) is 0 Å². The average molecular weight is 453 g/mol. The molecule has 1 aromatic rings. The van der Waals surface area contributed by atoms with Crippen molar-refractivity contribution in [3.8, 4) is 0 Å². The van der Waals surface area contributed by atoms with Crippen LogP contribution in [0, 0.1) is 34.5 Å². The van der Waals surface area contributed by atoms with Crippen molar-refractivity contribution in [3.63, 3.8) is 0 Å². The average Bonchev–Trinajstić information content (AvgIpc) is 3.24. The van der Waals surface area contributed by atoms with Crippen LogP contribution in [0.3, 0.4) is 0 Å². The fourth-order valence-electron chi connectivity index (χ4n) is 8.17. The Bertz CT molecular complexity index is 949. The summed E-state index contributed by atoms with van der Waals surface area (Å²) in [7, 11) is 0. The monoisotopic (exact) mass is 452 g/mol. The standard InChI is InChI=1S/C25H31F3O4/c1-13(29)31-21-7-6-17-16-5-4-15-11-19-14(10-20(32-19)22(30)25(26,27)28)12-24(15,3)18(16)8-9-23(17,21)2/h10,15-18,21H,4-9,11-12H2,1-3H3/t15-,16-,17-,18-,21-,23-,24-/m0/s1. The molecule has 4 nitrogen and oxygen atoms in total. The molecule has 0 N–H and O–H groups in total. The summed E-state index contributed by atoms with van der Waals surface area (Å²) in [6.45, 7) is 6.07. The molecule has 0 aromatic carbocycles. The van der Waals surface area contributed by atoms with Crippen LogP contribution < -0.4 is 0 Å². The van der Waals surface area contributed by atoms with E-state index in [-0.39, 0.29) is 22.9 Å². The molecule has 0 saturated heterocycles. The van der Waals surface area contributed by atoms with Crippen LogP contribution in [0.4, 0.5) is 13.2 Å². The van der Waals surface area contributed by atoms with Gasteiger partial charge in [-0.2, -0.15) is 13.2 Å². The molecule has 4 aliphatic rings. The van der Waals surface area contributed by atoms with E-state index in [1.165, 1.54) is 13.0 Å². The third-order valence-corrected chi connectivity index (χ3v) is 9.67. The third kappa shape index (κ3) is 3.17. The van der Waals surface area contributed by atoms with Crippen molar-refractivity contribution in [3.05, 3.63) is 23.2 Å². The highest BCUT2D eigenvalue weighted by Crippen LogP contribution is 2.66. The van der Waals surface area contributed by atoms with E-state index in [0.717, 1.165) is 44.1 Å². The minimum atomic E-state index is -4.92. The molecular formula is C25H31F3O4. The van der Waals surface area contributed by atoms with Gasteiger partial charge in [-0.1, -0.05) is 13.8 Å². The Hall–Kier alpha value is -1.79. The van der Waals surface area contributed by atoms with Crippen molar-refractivity contribution >= 4 is 11.8 Å². The predicted octanol–water partition coefficient (Wildman–Crippen LogP) is 5.91. The highest BCUT2D eigenvalue weighted by atomic mass is 19.4. The van der Waals surface area contributed by atoms with E-state index in [0.29, 0.717) is 42.3 Å². The first-order valence-corrected chi connectivity index (χ1v) is 11.8. The van der Waals surface area contributed by atoms with Crippen LogP contribution in [-0.2, 0) is 22.4 Å². The third-order valence-electron chi connectivity index (χ3n) is 9.67. The number of carbonyl (C=O) groups excluding carboxylic acids is 2. The molecule has 7 heteroatoms. The quantitative estimate of drug-likeness (QED) is 0.413. The summed E-state index contributed by atoms with van der Waals surface area (Å²) in [4.78, 5) is 23.4. The first-order valence-electron chi connectivity index (χ1n) is 11.8. The normalized spacial score (nSPS) is 40.6. The molecule has 3 fully saturated rings. The molecule has 0 radical (unpaired) electrons. The first kappa shape index (κ1) is 22.0. The van der Waals surface area contributed by atoms with Gasteiger partial charge in [-0.3, -0.25) is 9.59 Å². The van der Waals surface area contributed by atoms with Crippen LogP contribution in [0.2, 0.25) is 0 Å². The fourth-order valence-corrected chi connectivity index (χ4v) is 8.17. The molecular weight excluding hydrogens is 421 g/mol. The summed E-state index contributed by atoms with van der Waals surface area (Å²) in [6.07, 6.45) is 2.50. The molecule has 0 unspecified atom stereocenters. The topological polar surface area (TPSA) is 56.5 Å². The molecule has 32 heavy (non-hydrogen) atoms. The Morgan fingerprint density at radius 2 is 1.78 bits per heavy atom. The number of alkyl halides is 3. The lowest BCUT2D eigenvalue weighted by molar-refractivity contribution is -0.160. The molecule has 5 rings (SSSR count). The number of rotatable bonds is 2. The zero-order valence-corrected chi connectivity index (χ0v) is 18.9. The van der Waals surface area contributed by atoms with Gasteiger partial charge < -0.3 is 9.15 Å². The van der Waals surface area contributed by atoms with Gasteiger partial charge in [-0.05, 0) is 85.7 Å². The number of carbonyl (C=O) groups is 2. The lowest BCUT2D eigenvalue weighted by Gasteiger charge is -2.59. The van der Waals surface area contributed by atoms with Crippen molar-refractivity contribution in [2.24, 2.45) is 34.5 Å². The van der Waals surface area contributed by atoms with Gasteiger partial charge in [0.1, 0.15) is 11.9 Å². The second-order valence-electron chi connectivity index (χ2n) is 11.1. The Morgan fingerprint density at radius 1 is 1.06 bits per heavy atom. The van der Waals surface area contributed by atoms with Crippen LogP contribution in [0.1, 0.15) is 81.2 Å². The number of hydrogen-bond donors (Lipinski definition) is 0. The van der Waals surface area contributed by atoms with E-state index >= 15 is 0 Å². The van der Waals surface area contributed by atoms with Gasteiger partial charge in [0, 0.05) is 18.8 Å². The molecule has 0 aliphatic heterocycles. The first-order chi connectivity index (χ1) is 14.9. The van der Waals surface area contributed by atoms with Crippen LogP contribution in [0.15, 0.2) is 10.5 Å². The Balaban J connectivity index is 1.41. The number of Topliss-reactive ketones (excluding diaryl/α,β-unsaturated/α-hetero) is 1. The summed E-state index contributed by atoms with van der Waals surface area (Å²) in [5.74, 6) is -0.219. The van der Waals surface area contributed by atoms with Crippen LogP contribution in [-0.4, -0.2) is 24.0 Å². The number of ketones is 1. The van der Waals surface area contributed by atoms with E-state index in [9.17, 15) is 22.8 Å². The molecule has 0 amide bonds. The van der Waals surface area contributed by atoms with Crippen molar-refractivity contribution in [1.29, 1.82) is 0 Å². The highest BCUT2D eigenvalue weighted by molar-refractivity contribution is 5.98. The summed E-state index contributed by atoms with van der Waals surface area (Å²) in [6, 6.07) is 1.34. The van der Waals surface area contributed by atoms with Gasteiger partial charge in [0.2, 0.25) is 0 Å². The maximum Gasteiger partial charge on any atom is 0.458 e. The summed E-state index contributed by atoms with van der Waals surface area (Å²) in [5.41, 5.74) is 0.770. The van der Waals surface area contributed by atoms with E-state index in [2.05, 4.69) is 13.8 Å². The minimum Gasteiger partial charge on any atom is -0.462 e. The number of hydrogen-bond acceptors (Lipinski definition) is 4. The molecule has 176 valence electrons. The Labute approximate surface area is 186 Å². The number of furan rings is 1. The van der Waals surface area contributed by atoms with E-state index in [1.54, 1.807) is 0 Å². The van der Waals surface area contributed by atoms with Crippen molar-refractivity contribution < 1.29 is 31.9 Å². The second kappa shape index (κ2) is 7.10. The van der Waals surface area contributed by atoms with Crippen molar-refractivity contribution in [1.82, 2.24) is 0 Å². The molecule has 3 saturated carbocycles. The van der Waals surface area contributed by atoms with Crippen molar-refractivity contribution in [2.75, 3.05) is 0 Å². The molecule has 1 aromatic heterocycles. The van der Waals surface area contributed by atoms with Gasteiger partial charge in [0.05, 0.1) is 0 Å². The number of ether oxygens (including phenoxy) is 1. The lowest BCUT2D eigenvalue weighted by atomic mass is 9.45. The largest absolute Gasteiger partial charge is 0.462 e. The fraction of sp³-hybridized carbons (Fsp3) is 0.760. The van der Waals surface area contributed by atoms with E-state index in [1.807, 2.05) is 0 Å². The predicted molar refractivity (Wildman–Crippen MR) is 110 cm³/mol.